The van der Waals surface area contributed by atoms with E-state index in [1.165, 1.54) is 5.39 Å². The number of hydrogen-bond donors (Lipinski definition) is 0. The normalized spacial score (nSPS) is 11.6. The molecule has 0 aliphatic carbocycles. The van der Waals surface area contributed by atoms with E-state index in [1.807, 2.05) is 54.7 Å². The Bertz CT molecular complexity index is 2550. The van der Waals surface area contributed by atoms with Gasteiger partial charge in [-0.25, -0.2) is 15.0 Å². The van der Waals surface area contributed by atoms with E-state index in [0.29, 0.717) is 17.5 Å². The monoisotopic (exact) mass is 576 g/mol. The minimum absolute atomic E-state index is 0.597. The summed E-state index contributed by atoms with van der Waals surface area (Å²) >= 11 is 0. The Hall–Kier alpha value is -6.20. The molecule has 6 aromatic carbocycles. The molecule has 0 spiro atoms. The summed E-state index contributed by atoms with van der Waals surface area (Å²) in [6.07, 6.45) is 1.92. The van der Waals surface area contributed by atoms with Crippen molar-refractivity contribution in [3.8, 4) is 45.4 Å². The number of pyridine rings is 1. The molecule has 9 aromatic rings. The first kappa shape index (κ1) is 25.3. The van der Waals surface area contributed by atoms with Gasteiger partial charge in [0.25, 0.3) is 0 Å². The summed E-state index contributed by atoms with van der Waals surface area (Å²) in [6.45, 7) is 0. The maximum Gasteiger partial charge on any atom is 0.164 e. The average molecular weight is 577 g/mol. The molecule has 5 heteroatoms. The molecular formula is C40H24N4O. The Morgan fingerprint density at radius 3 is 1.93 bits per heavy atom. The number of furan rings is 1. The van der Waals surface area contributed by atoms with Crippen LogP contribution in [0.5, 0.6) is 0 Å². The van der Waals surface area contributed by atoms with Crippen LogP contribution in [-0.4, -0.2) is 19.9 Å². The van der Waals surface area contributed by atoms with Crippen LogP contribution in [0.4, 0.5) is 0 Å². The van der Waals surface area contributed by atoms with E-state index in [1.54, 1.807) is 0 Å². The lowest BCUT2D eigenvalue weighted by Crippen LogP contribution is -2.00. The predicted molar refractivity (Wildman–Crippen MR) is 182 cm³/mol. The topological polar surface area (TPSA) is 64.7 Å². The lowest BCUT2D eigenvalue weighted by Gasteiger charge is -2.11. The van der Waals surface area contributed by atoms with Gasteiger partial charge in [-0.1, -0.05) is 109 Å². The highest BCUT2D eigenvalue weighted by Gasteiger charge is 2.18. The highest BCUT2D eigenvalue weighted by atomic mass is 16.3. The Labute approximate surface area is 258 Å². The van der Waals surface area contributed by atoms with Gasteiger partial charge in [-0.3, -0.25) is 4.98 Å². The van der Waals surface area contributed by atoms with Crippen LogP contribution in [0.25, 0.3) is 88.9 Å². The zero-order valence-corrected chi connectivity index (χ0v) is 24.1. The van der Waals surface area contributed by atoms with E-state index in [4.69, 9.17) is 24.4 Å². The summed E-state index contributed by atoms with van der Waals surface area (Å²) < 4.78 is 6.21. The second-order valence-electron chi connectivity index (χ2n) is 11.1. The van der Waals surface area contributed by atoms with Crippen LogP contribution >= 0.6 is 0 Å². The first-order valence-corrected chi connectivity index (χ1v) is 14.9. The summed E-state index contributed by atoms with van der Waals surface area (Å²) in [6, 6.07) is 47.4. The maximum atomic E-state index is 6.21. The van der Waals surface area contributed by atoms with Gasteiger partial charge in [-0.05, 0) is 46.5 Å². The van der Waals surface area contributed by atoms with Gasteiger partial charge in [0, 0.05) is 44.6 Å². The summed E-state index contributed by atoms with van der Waals surface area (Å²) in [5, 5.41) is 6.45. The molecule has 0 aliphatic rings. The summed E-state index contributed by atoms with van der Waals surface area (Å²) in [5.41, 5.74) is 6.37. The van der Waals surface area contributed by atoms with Gasteiger partial charge in [0.1, 0.15) is 11.2 Å². The molecule has 0 unspecified atom stereocenters. The number of aromatic nitrogens is 4. The SMILES string of the molecule is c1ccc(-c2cc3cc(-c4nc(-c5ccc6ccccc6c5)nc(-c5cccc6oc7ccccc7c56)n4)ccc3cn2)cc1. The molecule has 3 heterocycles. The van der Waals surface area contributed by atoms with Crippen molar-refractivity contribution < 1.29 is 4.42 Å². The molecule has 9 rings (SSSR count). The van der Waals surface area contributed by atoms with Gasteiger partial charge in [0.05, 0.1) is 5.69 Å². The molecule has 0 atom stereocenters. The summed E-state index contributed by atoms with van der Waals surface area (Å²) in [5.74, 6) is 1.82. The van der Waals surface area contributed by atoms with Crippen molar-refractivity contribution in [2.45, 2.75) is 0 Å². The van der Waals surface area contributed by atoms with Crippen molar-refractivity contribution in [2.24, 2.45) is 0 Å². The standard InChI is InChI=1S/C40H24N4O/c1-2-10-26(11-3-1)34-23-31-22-29(19-20-30(31)24-41-34)39-42-38(28-18-17-25-9-4-5-12-27(25)21-28)43-40(44-39)33-14-8-16-36-37(33)32-13-6-7-15-35(32)45-36/h1-24H. The quantitative estimate of drug-likeness (QED) is 0.209. The van der Waals surface area contributed by atoms with Crippen molar-refractivity contribution in [3.63, 3.8) is 0 Å². The first-order valence-electron chi connectivity index (χ1n) is 14.9. The smallest absolute Gasteiger partial charge is 0.164 e. The van der Waals surface area contributed by atoms with Crippen LogP contribution < -0.4 is 0 Å². The highest BCUT2D eigenvalue weighted by molar-refractivity contribution is 6.11. The molecule has 0 radical (unpaired) electrons. The lowest BCUT2D eigenvalue weighted by atomic mass is 10.0. The fraction of sp³-hybridized carbons (Fsp3) is 0. The van der Waals surface area contributed by atoms with E-state index < -0.39 is 0 Å². The van der Waals surface area contributed by atoms with Crippen LogP contribution in [0.2, 0.25) is 0 Å². The molecule has 5 nitrogen and oxygen atoms in total. The fourth-order valence-corrected chi connectivity index (χ4v) is 6.09. The molecule has 45 heavy (non-hydrogen) atoms. The average Bonchev–Trinajstić information content (AvgIpc) is 3.50. The molecule has 0 N–H and O–H groups in total. The van der Waals surface area contributed by atoms with Crippen molar-refractivity contribution in [1.29, 1.82) is 0 Å². The molecule has 0 saturated carbocycles. The summed E-state index contributed by atoms with van der Waals surface area (Å²) in [7, 11) is 0. The maximum absolute atomic E-state index is 6.21. The van der Waals surface area contributed by atoms with Crippen molar-refractivity contribution >= 4 is 43.5 Å². The number of para-hydroxylation sites is 1. The molecule has 0 bridgehead atoms. The third-order valence-corrected chi connectivity index (χ3v) is 8.34. The van der Waals surface area contributed by atoms with Crippen LogP contribution in [0, 0.1) is 0 Å². The Kier molecular flexibility index (Phi) is 5.74. The molecular weight excluding hydrogens is 552 g/mol. The van der Waals surface area contributed by atoms with E-state index >= 15 is 0 Å². The van der Waals surface area contributed by atoms with Crippen molar-refractivity contribution in [2.75, 3.05) is 0 Å². The zero-order chi connectivity index (χ0) is 29.7. The molecule has 0 aliphatic heterocycles. The van der Waals surface area contributed by atoms with Crippen molar-refractivity contribution in [1.82, 2.24) is 19.9 Å². The van der Waals surface area contributed by atoms with E-state index in [-0.39, 0.29) is 0 Å². The minimum Gasteiger partial charge on any atom is -0.456 e. The minimum atomic E-state index is 0.597. The molecule has 3 aromatic heterocycles. The number of hydrogen-bond acceptors (Lipinski definition) is 5. The van der Waals surface area contributed by atoms with Gasteiger partial charge in [-0.15, -0.1) is 0 Å². The van der Waals surface area contributed by atoms with Gasteiger partial charge in [-0.2, -0.15) is 0 Å². The molecule has 0 fully saturated rings. The van der Waals surface area contributed by atoms with Crippen LogP contribution in [0.1, 0.15) is 0 Å². The number of nitrogens with zero attached hydrogens (tertiary/aromatic N) is 4. The number of benzene rings is 6. The largest absolute Gasteiger partial charge is 0.456 e. The Balaban J connectivity index is 1.27. The number of rotatable bonds is 4. The Morgan fingerprint density at radius 2 is 1.09 bits per heavy atom. The van der Waals surface area contributed by atoms with Crippen LogP contribution in [-0.2, 0) is 0 Å². The first-order chi connectivity index (χ1) is 22.3. The van der Waals surface area contributed by atoms with Crippen LogP contribution in [0.3, 0.4) is 0 Å². The molecule has 210 valence electrons. The van der Waals surface area contributed by atoms with E-state index in [2.05, 4.69) is 91.0 Å². The molecule has 0 amide bonds. The lowest BCUT2D eigenvalue weighted by molar-refractivity contribution is 0.669. The third-order valence-electron chi connectivity index (χ3n) is 8.34. The zero-order valence-electron chi connectivity index (χ0n) is 24.1. The second kappa shape index (κ2) is 10.2. The fourth-order valence-electron chi connectivity index (χ4n) is 6.09. The summed E-state index contributed by atoms with van der Waals surface area (Å²) in [4.78, 5) is 20.0. The molecule has 0 saturated heterocycles. The van der Waals surface area contributed by atoms with Gasteiger partial charge < -0.3 is 4.42 Å². The highest BCUT2D eigenvalue weighted by Crippen LogP contribution is 2.37. The predicted octanol–water partition coefficient (Wildman–Crippen LogP) is 10.1. The van der Waals surface area contributed by atoms with Gasteiger partial charge >= 0.3 is 0 Å². The van der Waals surface area contributed by atoms with E-state index in [9.17, 15) is 0 Å². The van der Waals surface area contributed by atoms with E-state index in [0.717, 1.165) is 66.0 Å². The second-order valence-corrected chi connectivity index (χ2v) is 11.1. The van der Waals surface area contributed by atoms with Crippen LogP contribution in [0.15, 0.2) is 150 Å². The van der Waals surface area contributed by atoms with Crippen molar-refractivity contribution in [3.05, 3.63) is 146 Å². The number of fused-ring (bicyclic) bond motifs is 5. The van der Waals surface area contributed by atoms with Gasteiger partial charge in [0.15, 0.2) is 17.5 Å². The Morgan fingerprint density at radius 1 is 0.422 bits per heavy atom. The third kappa shape index (κ3) is 4.41. The van der Waals surface area contributed by atoms with Gasteiger partial charge in [0.2, 0.25) is 0 Å².